The monoisotopic (exact) mass is 319 g/mol. The van der Waals surface area contributed by atoms with Gasteiger partial charge in [0.1, 0.15) is 0 Å². The molecule has 1 aromatic heterocycles. The van der Waals surface area contributed by atoms with E-state index in [-0.39, 0.29) is 10.3 Å². The molecule has 0 aliphatic rings. The Bertz CT molecular complexity index is 390. The fourth-order valence-corrected chi connectivity index (χ4v) is 3.92. The molecule has 2 nitrogen and oxygen atoms in total. The summed E-state index contributed by atoms with van der Waals surface area (Å²) in [5, 5.41) is 2.93. The van der Waals surface area contributed by atoms with Crippen molar-refractivity contribution in [1.82, 2.24) is 4.57 Å². The maximum absolute atomic E-state index is 11.8. The van der Waals surface area contributed by atoms with E-state index in [4.69, 9.17) is 0 Å². The van der Waals surface area contributed by atoms with E-state index in [0.717, 1.165) is 17.6 Å². The molecule has 98 valence electrons. The summed E-state index contributed by atoms with van der Waals surface area (Å²) in [5.74, 6) is 0. The summed E-state index contributed by atoms with van der Waals surface area (Å²) in [4.78, 5) is 12.0. The van der Waals surface area contributed by atoms with Crippen molar-refractivity contribution < 1.29 is 0 Å². The third-order valence-electron chi connectivity index (χ3n) is 3.31. The third-order valence-corrected chi connectivity index (χ3v) is 5.38. The van der Waals surface area contributed by atoms with E-state index in [9.17, 15) is 4.79 Å². The lowest BCUT2D eigenvalue weighted by atomic mass is 9.81. The van der Waals surface area contributed by atoms with Gasteiger partial charge in [-0.1, -0.05) is 54.0 Å². The van der Waals surface area contributed by atoms with Crippen LogP contribution in [0.4, 0.5) is 0 Å². The standard InChI is InChI=1S/C13H22BrNOS/c1-4-6-13(9-14,7-5-2)10-15-11(3)8-17-12(15)16/h8H,4-7,9-10H2,1-3H3. The number of thiazole rings is 1. The minimum atomic E-state index is 0.181. The van der Waals surface area contributed by atoms with Crippen LogP contribution >= 0.6 is 27.3 Å². The second-order valence-corrected chi connectivity index (χ2v) is 6.24. The smallest absolute Gasteiger partial charge is 0.303 e. The first-order valence-electron chi connectivity index (χ1n) is 6.29. The highest BCUT2D eigenvalue weighted by Gasteiger charge is 2.28. The number of aryl methyl sites for hydroxylation is 1. The summed E-state index contributed by atoms with van der Waals surface area (Å²) in [5.41, 5.74) is 1.33. The van der Waals surface area contributed by atoms with Crippen molar-refractivity contribution in [3.05, 3.63) is 20.7 Å². The second-order valence-electron chi connectivity index (χ2n) is 4.86. The third kappa shape index (κ3) is 3.68. The maximum Gasteiger partial charge on any atom is 0.307 e. The maximum atomic E-state index is 11.8. The predicted octanol–water partition coefficient (Wildman–Crippen LogP) is 4.20. The minimum Gasteiger partial charge on any atom is -0.303 e. The van der Waals surface area contributed by atoms with Gasteiger partial charge in [-0.15, -0.1) is 0 Å². The van der Waals surface area contributed by atoms with Crippen molar-refractivity contribution in [2.45, 2.75) is 53.0 Å². The first kappa shape index (κ1) is 15.0. The van der Waals surface area contributed by atoms with E-state index in [1.54, 1.807) is 0 Å². The highest BCUT2D eigenvalue weighted by Crippen LogP contribution is 2.34. The van der Waals surface area contributed by atoms with Crippen molar-refractivity contribution in [1.29, 1.82) is 0 Å². The van der Waals surface area contributed by atoms with Crippen LogP contribution in [0.3, 0.4) is 0 Å². The van der Waals surface area contributed by atoms with Crippen LogP contribution in [0.1, 0.15) is 45.2 Å². The quantitative estimate of drug-likeness (QED) is 0.690. The average Bonchev–Trinajstić information content (AvgIpc) is 2.61. The van der Waals surface area contributed by atoms with E-state index in [0.29, 0.717) is 0 Å². The first-order valence-corrected chi connectivity index (χ1v) is 8.29. The molecule has 1 rings (SSSR count). The molecule has 0 spiro atoms. The summed E-state index contributed by atoms with van der Waals surface area (Å²) < 4.78 is 1.94. The lowest BCUT2D eigenvalue weighted by Crippen LogP contribution is -2.32. The summed E-state index contributed by atoms with van der Waals surface area (Å²) in [6.07, 6.45) is 4.69. The fourth-order valence-electron chi connectivity index (χ4n) is 2.45. The Labute approximate surface area is 116 Å². The van der Waals surface area contributed by atoms with Gasteiger partial charge in [0.15, 0.2) is 0 Å². The zero-order chi connectivity index (χ0) is 12.9. The summed E-state index contributed by atoms with van der Waals surface area (Å²) in [7, 11) is 0. The molecule has 1 heterocycles. The van der Waals surface area contributed by atoms with Crippen LogP contribution < -0.4 is 4.87 Å². The van der Waals surface area contributed by atoms with Gasteiger partial charge in [-0.05, 0) is 25.2 Å². The summed E-state index contributed by atoms with van der Waals surface area (Å²) in [6.45, 7) is 7.31. The Kier molecular flexibility index (Phi) is 5.93. The molecule has 17 heavy (non-hydrogen) atoms. The molecule has 0 atom stereocenters. The number of halogens is 1. The zero-order valence-electron chi connectivity index (χ0n) is 11.0. The Morgan fingerprint density at radius 2 is 1.94 bits per heavy atom. The molecular formula is C13H22BrNOS. The van der Waals surface area contributed by atoms with E-state index in [2.05, 4.69) is 29.8 Å². The van der Waals surface area contributed by atoms with Gasteiger partial charge >= 0.3 is 4.87 Å². The van der Waals surface area contributed by atoms with Gasteiger partial charge in [-0.3, -0.25) is 4.79 Å². The van der Waals surface area contributed by atoms with Crippen LogP contribution in [0.5, 0.6) is 0 Å². The molecule has 0 N–H and O–H groups in total. The fraction of sp³-hybridized carbons (Fsp3) is 0.769. The Hall–Kier alpha value is -0.0900. The van der Waals surface area contributed by atoms with Gasteiger partial charge in [-0.25, -0.2) is 0 Å². The molecule has 0 aliphatic carbocycles. The van der Waals surface area contributed by atoms with Crippen LogP contribution in [0.15, 0.2) is 10.2 Å². The number of alkyl halides is 1. The van der Waals surface area contributed by atoms with Crippen LogP contribution in [0.2, 0.25) is 0 Å². The van der Waals surface area contributed by atoms with E-state index < -0.39 is 0 Å². The Balaban J connectivity index is 2.96. The molecule has 0 bridgehead atoms. The Morgan fingerprint density at radius 3 is 2.29 bits per heavy atom. The highest BCUT2D eigenvalue weighted by atomic mass is 79.9. The SMILES string of the molecule is CCCC(CBr)(CCC)Cn1c(C)csc1=O. The molecule has 0 aliphatic heterocycles. The predicted molar refractivity (Wildman–Crippen MR) is 79.4 cm³/mol. The second kappa shape index (κ2) is 6.74. The molecule has 0 radical (unpaired) electrons. The lowest BCUT2D eigenvalue weighted by molar-refractivity contribution is 0.230. The molecule has 4 heteroatoms. The molecule has 0 saturated heterocycles. The average molecular weight is 320 g/mol. The van der Waals surface area contributed by atoms with Crippen LogP contribution in [0.25, 0.3) is 0 Å². The number of aromatic nitrogens is 1. The molecule has 0 fully saturated rings. The van der Waals surface area contributed by atoms with Crippen molar-refractivity contribution in [3.8, 4) is 0 Å². The first-order chi connectivity index (χ1) is 8.08. The van der Waals surface area contributed by atoms with Crippen molar-refractivity contribution in [2.75, 3.05) is 5.33 Å². The lowest BCUT2D eigenvalue weighted by Gasteiger charge is -2.32. The number of hydrogen-bond acceptors (Lipinski definition) is 2. The topological polar surface area (TPSA) is 22.0 Å². The van der Waals surface area contributed by atoms with Crippen molar-refractivity contribution in [2.24, 2.45) is 5.41 Å². The number of hydrogen-bond donors (Lipinski definition) is 0. The highest BCUT2D eigenvalue weighted by molar-refractivity contribution is 9.09. The normalized spacial score (nSPS) is 12.0. The molecule has 0 amide bonds. The van der Waals surface area contributed by atoms with Gasteiger partial charge in [0.2, 0.25) is 0 Å². The van der Waals surface area contributed by atoms with E-state index in [1.807, 2.05) is 16.9 Å². The van der Waals surface area contributed by atoms with Gasteiger partial charge in [0.25, 0.3) is 0 Å². The van der Waals surface area contributed by atoms with Crippen LogP contribution in [0, 0.1) is 12.3 Å². The Morgan fingerprint density at radius 1 is 1.35 bits per heavy atom. The van der Waals surface area contributed by atoms with Crippen LogP contribution in [-0.2, 0) is 6.54 Å². The van der Waals surface area contributed by atoms with Crippen molar-refractivity contribution >= 4 is 27.3 Å². The van der Waals surface area contributed by atoms with Gasteiger partial charge in [-0.2, -0.15) is 0 Å². The van der Waals surface area contributed by atoms with Crippen LogP contribution in [-0.4, -0.2) is 9.90 Å². The number of rotatable bonds is 7. The summed E-state index contributed by atoms with van der Waals surface area (Å²) >= 11 is 4.97. The zero-order valence-corrected chi connectivity index (χ0v) is 13.4. The molecule has 0 saturated carbocycles. The van der Waals surface area contributed by atoms with E-state index >= 15 is 0 Å². The largest absolute Gasteiger partial charge is 0.307 e. The summed E-state index contributed by atoms with van der Waals surface area (Å²) in [6, 6.07) is 0. The van der Waals surface area contributed by atoms with Crippen molar-refractivity contribution in [3.63, 3.8) is 0 Å². The molecule has 0 aromatic carbocycles. The minimum absolute atomic E-state index is 0.181. The number of nitrogens with zero attached hydrogens (tertiary/aromatic N) is 1. The van der Waals surface area contributed by atoms with Gasteiger partial charge < -0.3 is 4.57 Å². The molecular weight excluding hydrogens is 298 g/mol. The van der Waals surface area contributed by atoms with Gasteiger partial charge in [0.05, 0.1) is 0 Å². The molecule has 0 unspecified atom stereocenters. The molecule has 1 aromatic rings. The van der Waals surface area contributed by atoms with Gasteiger partial charge in [0, 0.05) is 22.9 Å². The van der Waals surface area contributed by atoms with E-state index in [1.165, 1.54) is 37.0 Å².